The first kappa shape index (κ1) is 13.3. The Balaban J connectivity index is 1.84. The van der Waals surface area contributed by atoms with Crippen molar-refractivity contribution < 1.29 is 4.79 Å². The summed E-state index contributed by atoms with van der Waals surface area (Å²) in [7, 11) is 0. The lowest BCUT2D eigenvalue weighted by molar-refractivity contribution is 0.0984. The molecule has 110 valence electrons. The van der Waals surface area contributed by atoms with Gasteiger partial charge in [-0.15, -0.1) is 0 Å². The molecule has 1 unspecified atom stereocenters. The summed E-state index contributed by atoms with van der Waals surface area (Å²) < 4.78 is 2.29. The number of rotatable bonds is 3. The van der Waals surface area contributed by atoms with Crippen molar-refractivity contribution in [3.63, 3.8) is 0 Å². The predicted octanol–water partition coefficient (Wildman–Crippen LogP) is 4.57. The average molecular weight is 289 g/mol. The maximum Gasteiger partial charge on any atom is 0.184 e. The molecule has 0 saturated heterocycles. The van der Waals surface area contributed by atoms with Crippen LogP contribution in [-0.2, 0) is 12.8 Å². The molecule has 2 aromatic carbocycles. The Bertz CT molecular complexity index is 845. The summed E-state index contributed by atoms with van der Waals surface area (Å²) >= 11 is 0. The van der Waals surface area contributed by atoms with Gasteiger partial charge in [-0.2, -0.15) is 0 Å². The van der Waals surface area contributed by atoms with Gasteiger partial charge in [0, 0.05) is 28.9 Å². The van der Waals surface area contributed by atoms with E-state index in [1.807, 2.05) is 36.4 Å². The lowest BCUT2D eigenvalue weighted by Crippen LogP contribution is -2.12. The summed E-state index contributed by atoms with van der Waals surface area (Å²) in [5, 5.41) is 2.37. The maximum atomic E-state index is 13.0. The van der Waals surface area contributed by atoms with Crippen molar-refractivity contribution >= 4 is 16.6 Å². The predicted molar refractivity (Wildman–Crippen MR) is 89.4 cm³/mol. The van der Waals surface area contributed by atoms with E-state index in [4.69, 9.17) is 0 Å². The van der Waals surface area contributed by atoms with Crippen LogP contribution < -0.4 is 0 Å². The van der Waals surface area contributed by atoms with Crippen LogP contribution in [0.25, 0.3) is 10.8 Å². The summed E-state index contributed by atoms with van der Waals surface area (Å²) in [6.07, 6.45) is 2.67. The monoisotopic (exact) mass is 289 g/mol. The highest BCUT2D eigenvalue weighted by Crippen LogP contribution is 2.37. The molecule has 0 N–H and O–H groups in total. The number of Topliss-reactive ketones (excluding diaryl/α,β-unsaturated/α-hetero) is 1. The third-order valence-corrected chi connectivity index (χ3v) is 4.74. The molecule has 0 aliphatic carbocycles. The Morgan fingerprint density at radius 2 is 1.73 bits per heavy atom. The highest BCUT2D eigenvalue weighted by atomic mass is 16.1. The first-order valence-electron chi connectivity index (χ1n) is 7.94. The fraction of sp³-hybridized carbons (Fsp3) is 0.250. The van der Waals surface area contributed by atoms with E-state index in [1.54, 1.807) is 0 Å². The van der Waals surface area contributed by atoms with Crippen LogP contribution in [0.2, 0.25) is 0 Å². The van der Waals surface area contributed by atoms with E-state index in [2.05, 4.69) is 29.7 Å². The fourth-order valence-corrected chi connectivity index (χ4v) is 3.70. The second-order valence-corrected chi connectivity index (χ2v) is 6.18. The molecule has 3 aromatic rings. The average Bonchev–Trinajstić information content (AvgIpc) is 3.07. The summed E-state index contributed by atoms with van der Waals surface area (Å²) in [5.41, 5.74) is 3.32. The van der Waals surface area contributed by atoms with Gasteiger partial charge in [0.2, 0.25) is 0 Å². The van der Waals surface area contributed by atoms with E-state index in [-0.39, 0.29) is 5.78 Å². The van der Waals surface area contributed by atoms with Crippen molar-refractivity contribution in [2.45, 2.75) is 32.2 Å². The second-order valence-electron chi connectivity index (χ2n) is 6.18. The van der Waals surface area contributed by atoms with E-state index >= 15 is 0 Å². The number of fused-ring (bicyclic) bond motifs is 3. The Hall–Kier alpha value is -2.35. The number of ketones is 1. The Morgan fingerprint density at radius 3 is 2.50 bits per heavy atom. The molecule has 1 aromatic heterocycles. The van der Waals surface area contributed by atoms with Crippen LogP contribution in [0.3, 0.4) is 0 Å². The lowest BCUT2D eigenvalue weighted by Gasteiger charge is -2.12. The van der Waals surface area contributed by atoms with Crippen molar-refractivity contribution in [3.8, 4) is 0 Å². The van der Waals surface area contributed by atoms with Crippen molar-refractivity contribution in [3.05, 3.63) is 71.5 Å². The quantitative estimate of drug-likeness (QED) is 0.647. The number of carbonyl (C=O) groups excluding carboxylic acids is 1. The minimum atomic E-state index is 0.224. The van der Waals surface area contributed by atoms with Gasteiger partial charge >= 0.3 is 0 Å². The van der Waals surface area contributed by atoms with Crippen LogP contribution >= 0.6 is 0 Å². The second kappa shape index (κ2) is 5.13. The van der Waals surface area contributed by atoms with Gasteiger partial charge in [0.05, 0.1) is 5.69 Å². The number of aromatic nitrogens is 1. The molecule has 0 bridgehead atoms. The van der Waals surface area contributed by atoms with Crippen LogP contribution in [0.5, 0.6) is 0 Å². The van der Waals surface area contributed by atoms with Gasteiger partial charge in [0.25, 0.3) is 0 Å². The molecule has 22 heavy (non-hydrogen) atoms. The van der Waals surface area contributed by atoms with Gasteiger partial charge in [-0.1, -0.05) is 54.6 Å². The van der Waals surface area contributed by atoms with Crippen molar-refractivity contribution in [1.82, 2.24) is 4.57 Å². The minimum absolute atomic E-state index is 0.224. The maximum absolute atomic E-state index is 13.0. The van der Waals surface area contributed by atoms with E-state index < -0.39 is 0 Å². The largest absolute Gasteiger partial charge is 0.338 e. The highest BCUT2D eigenvalue weighted by Gasteiger charge is 2.28. The number of hydrogen-bond donors (Lipinski definition) is 0. The van der Waals surface area contributed by atoms with Crippen LogP contribution in [0, 0.1) is 0 Å². The van der Waals surface area contributed by atoms with Gasteiger partial charge in [-0.25, -0.2) is 0 Å². The normalized spacial score (nSPS) is 16.9. The zero-order chi connectivity index (χ0) is 15.1. The molecule has 2 nitrogen and oxygen atoms in total. The number of nitrogens with zero attached hydrogens (tertiary/aromatic N) is 1. The lowest BCUT2D eigenvalue weighted by atomic mass is 10.0. The molecule has 4 rings (SSSR count). The third kappa shape index (κ3) is 1.98. The molecule has 1 atom stereocenters. The molecule has 0 saturated carbocycles. The van der Waals surface area contributed by atoms with Crippen molar-refractivity contribution in [2.75, 3.05) is 0 Å². The third-order valence-electron chi connectivity index (χ3n) is 4.74. The van der Waals surface area contributed by atoms with E-state index in [0.29, 0.717) is 12.5 Å². The fourth-order valence-electron chi connectivity index (χ4n) is 3.70. The molecular weight excluding hydrogens is 270 g/mol. The minimum Gasteiger partial charge on any atom is -0.338 e. The van der Waals surface area contributed by atoms with Gasteiger partial charge < -0.3 is 4.57 Å². The smallest absolute Gasteiger partial charge is 0.184 e. The first-order chi connectivity index (χ1) is 10.8. The zero-order valence-corrected chi connectivity index (χ0v) is 12.8. The molecule has 0 spiro atoms. The van der Waals surface area contributed by atoms with Crippen molar-refractivity contribution in [2.24, 2.45) is 0 Å². The Morgan fingerprint density at radius 1 is 1.05 bits per heavy atom. The van der Waals surface area contributed by atoms with Crippen molar-refractivity contribution in [1.29, 1.82) is 0 Å². The molecule has 1 aliphatic heterocycles. The summed E-state index contributed by atoms with van der Waals surface area (Å²) in [6, 6.07) is 18.8. The summed E-state index contributed by atoms with van der Waals surface area (Å²) in [5.74, 6) is 0.224. The number of benzene rings is 2. The van der Waals surface area contributed by atoms with Gasteiger partial charge in [-0.05, 0) is 25.3 Å². The molecule has 0 amide bonds. The standard InChI is InChI=1S/C20H19NO/c1-14-11-12-18-16-9-5-6-10-17(16)20(21(14)18)19(22)13-15-7-3-2-4-8-15/h2-10,14H,11-13H2,1H3. The van der Waals surface area contributed by atoms with E-state index in [0.717, 1.165) is 29.5 Å². The molecule has 0 fully saturated rings. The topological polar surface area (TPSA) is 22.0 Å². The summed E-state index contributed by atoms with van der Waals surface area (Å²) in [6.45, 7) is 2.22. The van der Waals surface area contributed by atoms with Crippen LogP contribution in [0.1, 0.15) is 41.1 Å². The molecule has 1 aliphatic rings. The van der Waals surface area contributed by atoms with Gasteiger partial charge in [0.1, 0.15) is 0 Å². The molecular formula is C20H19NO. The number of carbonyl (C=O) groups is 1. The van der Waals surface area contributed by atoms with Gasteiger partial charge in [0.15, 0.2) is 5.78 Å². The van der Waals surface area contributed by atoms with Crippen LogP contribution in [-0.4, -0.2) is 10.4 Å². The van der Waals surface area contributed by atoms with E-state index in [1.165, 1.54) is 11.1 Å². The van der Waals surface area contributed by atoms with Crippen LogP contribution in [0.15, 0.2) is 54.6 Å². The highest BCUT2D eigenvalue weighted by molar-refractivity contribution is 6.09. The van der Waals surface area contributed by atoms with Gasteiger partial charge in [-0.3, -0.25) is 4.79 Å². The van der Waals surface area contributed by atoms with E-state index in [9.17, 15) is 4.79 Å². The molecule has 0 radical (unpaired) electrons. The number of hydrogen-bond acceptors (Lipinski definition) is 1. The zero-order valence-electron chi connectivity index (χ0n) is 12.8. The Kier molecular flexibility index (Phi) is 3.11. The molecule has 2 heteroatoms. The first-order valence-corrected chi connectivity index (χ1v) is 7.94. The molecule has 2 heterocycles. The summed E-state index contributed by atoms with van der Waals surface area (Å²) in [4.78, 5) is 13.0. The number of aryl methyl sites for hydroxylation is 1. The Labute approximate surface area is 130 Å². The SMILES string of the molecule is CC1CCc2c3ccccc3c(C(=O)Cc3ccccc3)n21. The van der Waals surface area contributed by atoms with Crippen LogP contribution in [0.4, 0.5) is 0 Å².